The van der Waals surface area contributed by atoms with Gasteiger partial charge in [-0.05, 0) is 6.92 Å². The van der Waals surface area contributed by atoms with Gasteiger partial charge in [-0.2, -0.15) is 5.10 Å². The Kier molecular flexibility index (Phi) is 3.41. The van der Waals surface area contributed by atoms with Gasteiger partial charge in [-0.15, -0.1) is 11.3 Å². The van der Waals surface area contributed by atoms with Crippen LogP contribution >= 0.6 is 11.3 Å². The topological polar surface area (TPSA) is 66.5 Å². The van der Waals surface area contributed by atoms with Gasteiger partial charge in [0.15, 0.2) is 5.82 Å². The molecule has 2 N–H and O–H groups in total. The van der Waals surface area contributed by atoms with E-state index >= 15 is 0 Å². The van der Waals surface area contributed by atoms with Gasteiger partial charge < -0.3 is 5.32 Å². The summed E-state index contributed by atoms with van der Waals surface area (Å²) in [5.41, 5.74) is 2.93. The first-order valence-corrected chi connectivity index (χ1v) is 5.74. The van der Waals surface area contributed by atoms with Crippen LogP contribution in [-0.2, 0) is 13.0 Å². The van der Waals surface area contributed by atoms with Crippen LogP contribution in [0.4, 0.5) is 0 Å². The van der Waals surface area contributed by atoms with Gasteiger partial charge in [-0.25, -0.2) is 9.97 Å². The molecular weight excluding hydrogens is 210 g/mol. The van der Waals surface area contributed by atoms with Crippen molar-refractivity contribution in [1.82, 2.24) is 25.5 Å². The molecule has 2 rings (SSSR count). The molecule has 2 aromatic heterocycles. The second kappa shape index (κ2) is 4.99. The predicted octanol–water partition coefficient (Wildman–Crippen LogP) is 0.902. The molecule has 0 fully saturated rings. The molecule has 2 aromatic rings. The van der Waals surface area contributed by atoms with Crippen LogP contribution in [0.25, 0.3) is 0 Å². The largest absolute Gasteiger partial charge is 0.311 e. The maximum atomic E-state index is 4.23. The number of hydrogen-bond donors (Lipinski definition) is 2. The van der Waals surface area contributed by atoms with Crippen molar-refractivity contribution in [2.45, 2.75) is 19.9 Å². The van der Waals surface area contributed by atoms with Crippen molar-refractivity contribution in [2.24, 2.45) is 0 Å². The maximum absolute atomic E-state index is 4.23. The van der Waals surface area contributed by atoms with E-state index in [1.165, 1.54) is 0 Å². The monoisotopic (exact) mass is 223 g/mol. The fourth-order valence-electron chi connectivity index (χ4n) is 1.24. The summed E-state index contributed by atoms with van der Waals surface area (Å²) in [6.45, 7) is 3.58. The minimum atomic E-state index is 0.812. The van der Waals surface area contributed by atoms with E-state index in [9.17, 15) is 0 Å². The third-order valence-electron chi connectivity index (χ3n) is 1.96. The van der Waals surface area contributed by atoms with Crippen LogP contribution in [0.5, 0.6) is 0 Å². The zero-order valence-corrected chi connectivity index (χ0v) is 9.34. The summed E-state index contributed by atoms with van der Waals surface area (Å²) in [7, 11) is 0. The lowest BCUT2D eigenvalue weighted by molar-refractivity contribution is 0.663. The van der Waals surface area contributed by atoms with Gasteiger partial charge in [0, 0.05) is 24.9 Å². The van der Waals surface area contributed by atoms with Crippen LogP contribution in [0.1, 0.15) is 17.3 Å². The van der Waals surface area contributed by atoms with E-state index in [0.29, 0.717) is 0 Å². The normalized spacial score (nSPS) is 10.7. The molecule has 2 heterocycles. The Hall–Kier alpha value is -1.27. The zero-order chi connectivity index (χ0) is 10.5. The lowest BCUT2D eigenvalue weighted by atomic mass is 10.4. The number of hydrogen-bond acceptors (Lipinski definition) is 5. The molecule has 0 saturated carbocycles. The van der Waals surface area contributed by atoms with Crippen molar-refractivity contribution < 1.29 is 0 Å². The van der Waals surface area contributed by atoms with Crippen LogP contribution in [0.2, 0.25) is 0 Å². The van der Waals surface area contributed by atoms with E-state index in [4.69, 9.17) is 0 Å². The highest BCUT2D eigenvalue weighted by Gasteiger charge is 1.99. The third-order valence-corrected chi connectivity index (χ3v) is 2.59. The van der Waals surface area contributed by atoms with E-state index in [1.807, 2.05) is 17.8 Å². The van der Waals surface area contributed by atoms with Gasteiger partial charge >= 0.3 is 0 Å². The fourth-order valence-corrected chi connectivity index (χ4v) is 1.80. The summed E-state index contributed by atoms with van der Waals surface area (Å²) in [5, 5.41) is 12.2. The Morgan fingerprint density at radius 2 is 2.47 bits per heavy atom. The Balaban J connectivity index is 1.67. The van der Waals surface area contributed by atoms with Gasteiger partial charge in [-0.3, -0.25) is 5.10 Å². The van der Waals surface area contributed by atoms with Gasteiger partial charge in [0.2, 0.25) is 0 Å². The Bertz CT molecular complexity index is 394. The highest BCUT2D eigenvalue weighted by Crippen LogP contribution is 1.99. The van der Waals surface area contributed by atoms with Crippen LogP contribution in [0, 0.1) is 6.92 Å². The molecule has 0 aliphatic heterocycles. The average molecular weight is 223 g/mol. The number of thiazole rings is 1. The van der Waals surface area contributed by atoms with Crippen molar-refractivity contribution in [3.05, 3.63) is 28.2 Å². The van der Waals surface area contributed by atoms with Crippen molar-refractivity contribution in [1.29, 1.82) is 0 Å². The highest BCUT2D eigenvalue weighted by molar-refractivity contribution is 7.07. The number of aryl methyl sites for hydroxylation is 1. The minimum absolute atomic E-state index is 0.812. The third kappa shape index (κ3) is 3.10. The lowest BCUT2D eigenvalue weighted by Crippen LogP contribution is -2.17. The number of rotatable bonds is 5. The van der Waals surface area contributed by atoms with Crippen molar-refractivity contribution in [2.75, 3.05) is 6.54 Å². The van der Waals surface area contributed by atoms with Crippen molar-refractivity contribution >= 4 is 11.3 Å². The maximum Gasteiger partial charge on any atom is 0.151 e. The first-order chi connectivity index (χ1) is 7.34. The molecule has 6 heteroatoms. The second-order valence-corrected chi connectivity index (χ2v) is 3.96. The summed E-state index contributed by atoms with van der Waals surface area (Å²) in [6.07, 6.45) is 0.842. The van der Waals surface area contributed by atoms with Gasteiger partial charge in [0.05, 0.1) is 11.2 Å². The molecule has 0 aliphatic rings. The molecule has 5 nitrogen and oxygen atoms in total. The Morgan fingerprint density at radius 3 is 3.13 bits per heavy atom. The van der Waals surface area contributed by atoms with E-state index in [1.54, 1.807) is 11.3 Å². The van der Waals surface area contributed by atoms with E-state index in [0.717, 1.165) is 36.9 Å². The molecule has 0 atom stereocenters. The summed E-state index contributed by atoms with van der Waals surface area (Å²) in [4.78, 5) is 8.41. The number of nitrogens with one attached hydrogen (secondary N) is 2. The molecule has 0 bridgehead atoms. The number of nitrogens with zero attached hydrogens (tertiary/aromatic N) is 3. The van der Waals surface area contributed by atoms with Crippen LogP contribution < -0.4 is 5.32 Å². The van der Waals surface area contributed by atoms with Crippen LogP contribution in [0.3, 0.4) is 0 Å². The number of H-pyrrole nitrogens is 1. The van der Waals surface area contributed by atoms with E-state index in [-0.39, 0.29) is 0 Å². The van der Waals surface area contributed by atoms with Gasteiger partial charge in [0.1, 0.15) is 5.82 Å². The first-order valence-electron chi connectivity index (χ1n) is 4.80. The average Bonchev–Trinajstić information content (AvgIpc) is 2.84. The lowest BCUT2D eigenvalue weighted by Gasteiger charge is -1.99. The smallest absolute Gasteiger partial charge is 0.151 e. The molecule has 0 radical (unpaired) electrons. The predicted molar refractivity (Wildman–Crippen MR) is 58.6 cm³/mol. The molecule has 0 unspecified atom stereocenters. The number of aromatic amines is 1. The SMILES string of the molecule is Cc1nc(CCNCc2cscn2)n[nH]1. The van der Waals surface area contributed by atoms with Gasteiger partial charge in [0.25, 0.3) is 0 Å². The molecule has 0 spiro atoms. The second-order valence-electron chi connectivity index (χ2n) is 3.24. The molecule has 0 aliphatic carbocycles. The summed E-state index contributed by atoms with van der Waals surface area (Å²) >= 11 is 1.62. The Morgan fingerprint density at radius 1 is 1.53 bits per heavy atom. The number of aromatic nitrogens is 4. The molecule has 0 aromatic carbocycles. The quantitative estimate of drug-likeness (QED) is 0.739. The minimum Gasteiger partial charge on any atom is -0.311 e. The standard InChI is InChI=1S/C9H13N5S/c1-7-12-9(14-13-7)2-3-10-4-8-5-15-6-11-8/h5-6,10H,2-4H2,1H3,(H,12,13,14). The first kappa shape index (κ1) is 10.3. The highest BCUT2D eigenvalue weighted by atomic mass is 32.1. The molecule has 80 valence electrons. The Labute approximate surface area is 92.0 Å². The molecule has 0 amide bonds. The van der Waals surface area contributed by atoms with Gasteiger partial charge in [-0.1, -0.05) is 0 Å². The molecule has 0 saturated heterocycles. The van der Waals surface area contributed by atoms with Crippen LogP contribution in [0.15, 0.2) is 10.9 Å². The summed E-state index contributed by atoms with van der Waals surface area (Å²) in [5.74, 6) is 1.72. The van der Waals surface area contributed by atoms with E-state index in [2.05, 4.69) is 25.5 Å². The van der Waals surface area contributed by atoms with Crippen molar-refractivity contribution in [3.63, 3.8) is 0 Å². The molecular formula is C9H13N5S. The summed E-state index contributed by atoms with van der Waals surface area (Å²) in [6, 6.07) is 0. The zero-order valence-electron chi connectivity index (χ0n) is 8.53. The van der Waals surface area contributed by atoms with Crippen LogP contribution in [-0.4, -0.2) is 26.7 Å². The summed E-state index contributed by atoms with van der Waals surface area (Å²) < 4.78 is 0. The fraction of sp³-hybridized carbons (Fsp3) is 0.444. The molecule has 15 heavy (non-hydrogen) atoms. The van der Waals surface area contributed by atoms with E-state index < -0.39 is 0 Å². The van der Waals surface area contributed by atoms with Crippen molar-refractivity contribution in [3.8, 4) is 0 Å².